The van der Waals surface area contributed by atoms with Crippen molar-refractivity contribution in [1.82, 2.24) is 0 Å². The van der Waals surface area contributed by atoms with Gasteiger partial charge in [0.05, 0.1) is 0 Å². The first kappa shape index (κ1) is 26.0. The summed E-state index contributed by atoms with van der Waals surface area (Å²) in [5.41, 5.74) is 13.1. The summed E-state index contributed by atoms with van der Waals surface area (Å²) in [6, 6.07) is 58.4. The molecule has 0 N–H and O–H groups in total. The van der Waals surface area contributed by atoms with E-state index in [4.69, 9.17) is 0 Å². The molecule has 0 saturated carbocycles. The summed E-state index contributed by atoms with van der Waals surface area (Å²) in [6.45, 7) is 4.74. The van der Waals surface area contributed by atoms with Gasteiger partial charge in [-0.3, -0.25) is 0 Å². The molecule has 45 heavy (non-hydrogen) atoms. The van der Waals surface area contributed by atoms with Crippen LogP contribution in [0.5, 0.6) is 0 Å². The van der Waals surface area contributed by atoms with Crippen LogP contribution in [0.25, 0.3) is 76.8 Å². The largest absolute Gasteiger partial charge is 0.0622 e. The highest BCUT2D eigenvalue weighted by atomic mass is 14.4. The quantitative estimate of drug-likeness (QED) is 0.185. The van der Waals surface area contributed by atoms with E-state index < -0.39 is 0 Å². The maximum atomic E-state index is 2.47. The highest BCUT2D eigenvalue weighted by Crippen LogP contribution is 2.54. The van der Waals surface area contributed by atoms with Crippen molar-refractivity contribution in [3.8, 4) is 44.5 Å². The van der Waals surface area contributed by atoms with Crippen LogP contribution >= 0.6 is 0 Å². The molecule has 0 heterocycles. The van der Waals surface area contributed by atoms with Gasteiger partial charge in [0.2, 0.25) is 0 Å². The fourth-order valence-corrected chi connectivity index (χ4v) is 7.91. The Morgan fingerprint density at radius 2 is 0.889 bits per heavy atom. The molecule has 8 aromatic carbocycles. The minimum Gasteiger partial charge on any atom is -0.0622 e. The minimum atomic E-state index is -0.0714. The third-order valence-corrected chi connectivity index (χ3v) is 10.0. The van der Waals surface area contributed by atoms with Gasteiger partial charge in [-0.05, 0) is 100 Å². The van der Waals surface area contributed by atoms with Gasteiger partial charge in [-0.2, -0.15) is 0 Å². The third kappa shape index (κ3) is 3.85. The Hall–Kier alpha value is -5.46. The molecule has 9 rings (SSSR count). The molecule has 0 radical (unpaired) electrons. The molecule has 0 fully saturated rings. The van der Waals surface area contributed by atoms with E-state index in [2.05, 4.69) is 172 Å². The van der Waals surface area contributed by atoms with Crippen LogP contribution in [0, 0.1) is 0 Å². The first-order valence-corrected chi connectivity index (χ1v) is 15.9. The van der Waals surface area contributed by atoms with E-state index in [0.29, 0.717) is 0 Å². The zero-order valence-corrected chi connectivity index (χ0v) is 25.5. The molecule has 0 atom stereocenters. The number of fused-ring (bicyclic) bond motifs is 6. The maximum absolute atomic E-state index is 2.47. The Bertz CT molecular complexity index is 2390. The fraction of sp³-hybridized carbons (Fsp3) is 0.0667. The molecule has 0 saturated heterocycles. The lowest BCUT2D eigenvalue weighted by Crippen LogP contribution is -2.14. The van der Waals surface area contributed by atoms with Crippen LogP contribution in [0.4, 0.5) is 0 Å². The highest BCUT2D eigenvalue weighted by molar-refractivity contribution is 6.22. The molecule has 8 aromatic rings. The number of hydrogen-bond donors (Lipinski definition) is 0. The standard InChI is InChI=1S/C45H32/c1-45(2)40-26-25-33(28-39(40)44-34(21-12-22-41(44)45)30-14-4-3-5-15-30)43-37-19-10-8-17-35(37)42(36-18-9-11-20-38(36)43)32-24-23-29-13-6-7-16-31(29)27-32/h3-28H,1-2H3. The second-order valence-electron chi connectivity index (χ2n) is 12.9. The molecule has 0 bridgehead atoms. The van der Waals surface area contributed by atoms with E-state index in [1.807, 2.05) is 0 Å². The first-order chi connectivity index (χ1) is 22.1. The number of benzene rings is 8. The number of hydrogen-bond acceptors (Lipinski definition) is 0. The average Bonchev–Trinajstić information content (AvgIpc) is 3.33. The molecule has 1 aliphatic rings. The molecule has 212 valence electrons. The zero-order valence-electron chi connectivity index (χ0n) is 25.5. The highest BCUT2D eigenvalue weighted by Gasteiger charge is 2.37. The van der Waals surface area contributed by atoms with Gasteiger partial charge in [0.25, 0.3) is 0 Å². The topological polar surface area (TPSA) is 0 Å². The Morgan fingerprint density at radius 3 is 1.56 bits per heavy atom. The summed E-state index contributed by atoms with van der Waals surface area (Å²) in [4.78, 5) is 0. The van der Waals surface area contributed by atoms with Gasteiger partial charge >= 0.3 is 0 Å². The molecule has 0 amide bonds. The van der Waals surface area contributed by atoms with E-state index in [1.54, 1.807) is 0 Å². The molecule has 0 aromatic heterocycles. The van der Waals surface area contributed by atoms with Gasteiger partial charge in [-0.15, -0.1) is 0 Å². The van der Waals surface area contributed by atoms with Crippen molar-refractivity contribution >= 4 is 32.3 Å². The Balaban J connectivity index is 1.34. The van der Waals surface area contributed by atoms with Crippen molar-refractivity contribution in [2.24, 2.45) is 0 Å². The van der Waals surface area contributed by atoms with E-state index in [1.165, 1.54) is 88.0 Å². The van der Waals surface area contributed by atoms with Crippen molar-refractivity contribution in [2.75, 3.05) is 0 Å². The van der Waals surface area contributed by atoms with Crippen LogP contribution in [0.3, 0.4) is 0 Å². The minimum absolute atomic E-state index is 0.0714. The van der Waals surface area contributed by atoms with Gasteiger partial charge in [0, 0.05) is 5.41 Å². The molecule has 0 nitrogen and oxygen atoms in total. The zero-order chi connectivity index (χ0) is 30.1. The predicted octanol–water partition coefficient (Wildman–Crippen LogP) is 12.5. The van der Waals surface area contributed by atoms with E-state index in [9.17, 15) is 0 Å². The van der Waals surface area contributed by atoms with Crippen LogP contribution in [-0.4, -0.2) is 0 Å². The predicted molar refractivity (Wildman–Crippen MR) is 193 cm³/mol. The summed E-state index contributed by atoms with van der Waals surface area (Å²) >= 11 is 0. The van der Waals surface area contributed by atoms with Crippen LogP contribution in [-0.2, 0) is 5.41 Å². The smallest absolute Gasteiger partial charge is 0.0159 e. The molecule has 0 spiro atoms. The van der Waals surface area contributed by atoms with Crippen LogP contribution in [0.15, 0.2) is 158 Å². The van der Waals surface area contributed by atoms with Gasteiger partial charge in [0.15, 0.2) is 0 Å². The van der Waals surface area contributed by atoms with Gasteiger partial charge < -0.3 is 0 Å². The maximum Gasteiger partial charge on any atom is 0.0159 e. The average molecular weight is 573 g/mol. The summed E-state index contributed by atoms with van der Waals surface area (Å²) in [5.74, 6) is 0. The second-order valence-corrected chi connectivity index (χ2v) is 12.9. The summed E-state index contributed by atoms with van der Waals surface area (Å²) in [5, 5.41) is 7.67. The SMILES string of the molecule is CC1(C)c2ccc(-c3c4ccccc4c(-c4ccc5ccccc5c4)c4ccccc34)cc2-c2c(-c3ccccc3)cccc21. The fourth-order valence-electron chi connectivity index (χ4n) is 7.91. The van der Waals surface area contributed by atoms with Crippen molar-refractivity contribution in [3.63, 3.8) is 0 Å². The van der Waals surface area contributed by atoms with Crippen molar-refractivity contribution < 1.29 is 0 Å². The Morgan fingerprint density at radius 1 is 0.333 bits per heavy atom. The lowest BCUT2D eigenvalue weighted by molar-refractivity contribution is 0.660. The van der Waals surface area contributed by atoms with Crippen molar-refractivity contribution in [3.05, 3.63) is 169 Å². The lowest BCUT2D eigenvalue weighted by Gasteiger charge is -2.22. The molecular weight excluding hydrogens is 540 g/mol. The summed E-state index contributed by atoms with van der Waals surface area (Å²) < 4.78 is 0. The van der Waals surface area contributed by atoms with Crippen LogP contribution < -0.4 is 0 Å². The summed E-state index contributed by atoms with van der Waals surface area (Å²) in [6.07, 6.45) is 0. The van der Waals surface area contributed by atoms with E-state index in [-0.39, 0.29) is 5.41 Å². The van der Waals surface area contributed by atoms with Crippen molar-refractivity contribution in [1.29, 1.82) is 0 Å². The van der Waals surface area contributed by atoms with Crippen LogP contribution in [0.1, 0.15) is 25.0 Å². The molecule has 1 aliphatic carbocycles. The van der Waals surface area contributed by atoms with Gasteiger partial charge in [0.1, 0.15) is 0 Å². The lowest BCUT2D eigenvalue weighted by atomic mass is 9.81. The second kappa shape index (κ2) is 9.78. The van der Waals surface area contributed by atoms with E-state index >= 15 is 0 Å². The van der Waals surface area contributed by atoms with Gasteiger partial charge in [-0.25, -0.2) is 0 Å². The molecule has 0 unspecified atom stereocenters. The Kier molecular flexibility index (Phi) is 5.64. The molecule has 0 aliphatic heterocycles. The Labute approximate surface area is 264 Å². The summed E-state index contributed by atoms with van der Waals surface area (Å²) in [7, 11) is 0. The molecular formula is C45H32. The normalized spacial score (nSPS) is 13.3. The molecule has 0 heteroatoms. The van der Waals surface area contributed by atoms with Gasteiger partial charge in [-0.1, -0.05) is 159 Å². The van der Waals surface area contributed by atoms with Crippen molar-refractivity contribution in [2.45, 2.75) is 19.3 Å². The third-order valence-electron chi connectivity index (χ3n) is 10.0. The van der Waals surface area contributed by atoms with Crippen LogP contribution in [0.2, 0.25) is 0 Å². The monoisotopic (exact) mass is 572 g/mol. The number of rotatable bonds is 3. The van der Waals surface area contributed by atoms with E-state index in [0.717, 1.165) is 0 Å². The first-order valence-electron chi connectivity index (χ1n) is 15.9.